The predicted molar refractivity (Wildman–Crippen MR) is 87.0 cm³/mol. The Labute approximate surface area is 134 Å². The van der Waals surface area contributed by atoms with Gasteiger partial charge in [-0.2, -0.15) is 4.98 Å². The number of anilines is 3. The lowest BCUT2D eigenvalue weighted by Gasteiger charge is -2.31. The number of aryl methyl sites for hydroxylation is 1. The van der Waals surface area contributed by atoms with E-state index in [0.29, 0.717) is 23.4 Å². The second-order valence-corrected chi connectivity index (χ2v) is 6.14. The third kappa shape index (κ3) is 3.75. The summed E-state index contributed by atoms with van der Waals surface area (Å²) in [5, 5.41) is 3.02. The van der Waals surface area contributed by atoms with Gasteiger partial charge in [0.05, 0.1) is 0 Å². The monoisotopic (exact) mass is 318 g/mol. The number of hydrogen-bond acceptors (Lipinski definition) is 4. The highest BCUT2D eigenvalue weighted by Crippen LogP contribution is 2.23. The smallest absolute Gasteiger partial charge is 0.227 e. The van der Waals surface area contributed by atoms with Crippen LogP contribution < -0.4 is 10.2 Å². The predicted octanol–water partition coefficient (Wildman–Crippen LogP) is 4.04. The summed E-state index contributed by atoms with van der Waals surface area (Å²) in [4.78, 5) is 11.2. The first-order chi connectivity index (χ1) is 11.0. The first-order valence-corrected chi connectivity index (χ1v) is 7.84. The largest absolute Gasteiger partial charge is 0.340 e. The standard InChI is InChI=1S/C17H20F2N4/c1-11-4-3-7-23(10-11)17-20-12(2)8-16(22-17)21-13-5-6-14(18)15(19)9-13/h5-6,8-9,11H,3-4,7,10H2,1-2H3,(H,20,21,22). The molecule has 23 heavy (non-hydrogen) atoms. The van der Waals surface area contributed by atoms with Gasteiger partial charge in [-0.1, -0.05) is 6.92 Å². The Bertz CT molecular complexity index is 705. The third-order valence-corrected chi connectivity index (χ3v) is 3.97. The molecule has 1 atom stereocenters. The van der Waals surface area contributed by atoms with Crippen molar-refractivity contribution < 1.29 is 8.78 Å². The molecule has 0 amide bonds. The van der Waals surface area contributed by atoms with E-state index >= 15 is 0 Å². The summed E-state index contributed by atoms with van der Waals surface area (Å²) >= 11 is 0. The van der Waals surface area contributed by atoms with Gasteiger partial charge in [-0.15, -0.1) is 0 Å². The number of piperidine rings is 1. The summed E-state index contributed by atoms with van der Waals surface area (Å²) in [5.41, 5.74) is 1.29. The molecule has 1 saturated heterocycles. The summed E-state index contributed by atoms with van der Waals surface area (Å²) in [6.45, 7) is 6.00. The number of aromatic nitrogens is 2. The van der Waals surface area contributed by atoms with Crippen molar-refractivity contribution in [1.82, 2.24) is 9.97 Å². The van der Waals surface area contributed by atoms with E-state index in [0.717, 1.165) is 37.3 Å². The van der Waals surface area contributed by atoms with Crippen LogP contribution in [-0.4, -0.2) is 23.1 Å². The van der Waals surface area contributed by atoms with E-state index in [2.05, 4.69) is 27.1 Å². The van der Waals surface area contributed by atoms with Crippen LogP contribution in [0.3, 0.4) is 0 Å². The van der Waals surface area contributed by atoms with Gasteiger partial charge < -0.3 is 10.2 Å². The number of benzene rings is 1. The molecule has 1 fully saturated rings. The van der Waals surface area contributed by atoms with Gasteiger partial charge in [-0.05, 0) is 37.8 Å². The molecule has 1 aromatic carbocycles. The van der Waals surface area contributed by atoms with Crippen LogP contribution >= 0.6 is 0 Å². The van der Waals surface area contributed by atoms with Gasteiger partial charge in [0.15, 0.2) is 11.6 Å². The van der Waals surface area contributed by atoms with E-state index in [1.54, 1.807) is 6.07 Å². The Morgan fingerprint density at radius 1 is 1.17 bits per heavy atom. The molecule has 1 aromatic heterocycles. The van der Waals surface area contributed by atoms with Crippen LogP contribution in [0.25, 0.3) is 0 Å². The van der Waals surface area contributed by atoms with Crippen molar-refractivity contribution in [3.8, 4) is 0 Å². The molecule has 0 aliphatic carbocycles. The fourth-order valence-electron chi connectivity index (χ4n) is 2.85. The SMILES string of the molecule is Cc1cc(Nc2ccc(F)c(F)c2)nc(N2CCCC(C)C2)n1. The van der Waals surface area contributed by atoms with E-state index in [1.807, 2.05) is 6.92 Å². The number of hydrogen-bond donors (Lipinski definition) is 1. The molecule has 0 bridgehead atoms. The number of halogens is 2. The molecule has 0 saturated carbocycles. The summed E-state index contributed by atoms with van der Waals surface area (Å²) in [6, 6.07) is 5.49. The summed E-state index contributed by atoms with van der Waals surface area (Å²) < 4.78 is 26.3. The second kappa shape index (κ2) is 6.48. The van der Waals surface area contributed by atoms with Gasteiger partial charge in [-0.25, -0.2) is 13.8 Å². The Balaban J connectivity index is 1.83. The molecular formula is C17H20F2N4. The van der Waals surface area contributed by atoms with E-state index < -0.39 is 11.6 Å². The van der Waals surface area contributed by atoms with Crippen molar-refractivity contribution in [3.05, 3.63) is 41.6 Å². The Morgan fingerprint density at radius 2 is 2.00 bits per heavy atom. The zero-order chi connectivity index (χ0) is 16.4. The summed E-state index contributed by atoms with van der Waals surface area (Å²) in [7, 11) is 0. The fraction of sp³-hybridized carbons (Fsp3) is 0.412. The van der Waals surface area contributed by atoms with E-state index in [4.69, 9.17) is 0 Å². The van der Waals surface area contributed by atoms with Gasteiger partial charge >= 0.3 is 0 Å². The fourth-order valence-corrected chi connectivity index (χ4v) is 2.85. The van der Waals surface area contributed by atoms with Gasteiger partial charge in [0.2, 0.25) is 5.95 Å². The van der Waals surface area contributed by atoms with Crippen molar-refractivity contribution in [2.75, 3.05) is 23.3 Å². The highest BCUT2D eigenvalue weighted by atomic mass is 19.2. The first-order valence-electron chi connectivity index (χ1n) is 7.84. The molecule has 1 unspecified atom stereocenters. The van der Waals surface area contributed by atoms with Gasteiger partial charge in [-0.3, -0.25) is 0 Å². The van der Waals surface area contributed by atoms with E-state index in [1.165, 1.54) is 12.5 Å². The second-order valence-electron chi connectivity index (χ2n) is 6.14. The molecule has 1 aliphatic rings. The number of nitrogens with one attached hydrogen (secondary N) is 1. The normalized spacial score (nSPS) is 18.1. The van der Waals surface area contributed by atoms with Crippen LogP contribution in [0, 0.1) is 24.5 Å². The van der Waals surface area contributed by atoms with Crippen LogP contribution in [0.15, 0.2) is 24.3 Å². The molecule has 4 nitrogen and oxygen atoms in total. The highest BCUT2D eigenvalue weighted by molar-refractivity contribution is 5.57. The van der Waals surface area contributed by atoms with Crippen molar-refractivity contribution in [3.63, 3.8) is 0 Å². The van der Waals surface area contributed by atoms with Gasteiger partial charge in [0.25, 0.3) is 0 Å². The maximum atomic E-state index is 13.3. The minimum absolute atomic E-state index is 0.458. The molecule has 1 N–H and O–H groups in total. The minimum atomic E-state index is -0.883. The third-order valence-electron chi connectivity index (χ3n) is 3.97. The van der Waals surface area contributed by atoms with Crippen LogP contribution in [0.2, 0.25) is 0 Å². The van der Waals surface area contributed by atoms with E-state index in [9.17, 15) is 8.78 Å². The Hall–Kier alpha value is -2.24. The van der Waals surface area contributed by atoms with Crippen molar-refractivity contribution >= 4 is 17.5 Å². The highest BCUT2D eigenvalue weighted by Gasteiger charge is 2.19. The maximum Gasteiger partial charge on any atom is 0.227 e. The summed E-state index contributed by atoms with van der Waals surface area (Å²) in [6.07, 6.45) is 2.35. The average Bonchev–Trinajstić information content (AvgIpc) is 2.50. The van der Waals surface area contributed by atoms with E-state index in [-0.39, 0.29) is 0 Å². The quantitative estimate of drug-likeness (QED) is 0.927. The topological polar surface area (TPSA) is 41.1 Å². The molecule has 2 aromatic rings. The molecule has 3 rings (SSSR count). The van der Waals surface area contributed by atoms with Crippen LogP contribution in [0.4, 0.5) is 26.2 Å². The van der Waals surface area contributed by atoms with Crippen molar-refractivity contribution in [1.29, 1.82) is 0 Å². The molecule has 6 heteroatoms. The van der Waals surface area contributed by atoms with Crippen molar-refractivity contribution in [2.45, 2.75) is 26.7 Å². The summed E-state index contributed by atoms with van der Waals surface area (Å²) in [5.74, 6) is 0.136. The lowest BCUT2D eigenvalue weighted by atomic mass is 10.0. The van der Waals surface area contributed by atoms with Crippen LogP contribution in [-0.2, 0) is 0 Å². The Morgan fingerprint density at radius 3 is 2.74 bits per heavy atom. The lowest BCUT2D eigenvalue weighted by Crippen LogP contribution is -2.35. The lowest BCUT2D eigenvalue weighted by molar-refractivity contribution is 0.442. The van der Waals surface area contributed by atoms with Crippen molar-refractivity contribution in [2.24, 2.45) is 5.92 Å². The van der Waals surface area contributed by atoms with Crippen LogP contribution in [0.1, 0.15) is 25.5 Å². The van der Waals surface area contributed by atoms with Gasteiger partial charge in [0.1, 0.15) is 5.82 Å². The first kappa shape index (κ1) is 15.6. The molecule has 0 radical (unpaired) electrons. The zero-order valence-electron chi connectivity index (χ0n) is 13.3. The Kier molecular flexibility index (Phi) is 4.41. The number of nitrogens with zero attached hydrogens (tertiary/aromatic N) is 3. The zero-order valence-corrected chi connectivity index (χ0v) is 13.3. The average molecular weight is 318 g/mol. The minimum Gasteiger partial charge on any atom is -0.340 e. The molecule has 2 heterocycles. The number of rotatable bonds is 3. The molecule has 122 valence electrons. The van der Waals surface area contributed by atoms with Crippen LogP contribution in [0.5, 0.6) is 0 Å². The maximum absolute atomic E-state index is 13.3. The molecular weight excluding hydrogens is 298 g/mol. The molecule has 1 aliphatic heterocycles. The van der Waals surface area contributed by atoms with Gasteiger partial charge in [0, 0.05) is 36.6 Å². The molecule has 0 spiro atoms.